The summed E-state index contributed by atoms with van der Waals surface area (Å²) in [5.74, 6) is -1.05. The minimum Gasteiger partial charge on any atom is -0.370 e. The average molecular weight is 128 g/mol. The fourth-order valence-electron chi connectivity index (χ4n) is 0.387. The molecule has 0 aliphatic heterocycles. The molecule has 0 rings (SSSR count). The molecule has 3 nitrogen and oxygen atoms in total. The molecule has 9 heavy (non-hydrogen) atoms. The molecule has 0 saturated heterocycles. The number of hydrogen-bond donors (Lipinski definition) is 1. The number of Topliss-reactive ketones (excluding diaryl/α,β-unsaturated/α-hetero) is 1. The summed E-state index contributed by atoms with van der Waals surface area (Å²) < 4.78 is 0. The molecule has 0 aromatic carbocycles. The first-order valence-electron chi connectivity index (χ1n) is 2.66. The smallest absolute Gasteiger partial charge is 0.218 e. The molecule has 1 radical (unpaired) electrons. The second-order valence-corrected chi connectivity index (χ2v) is 1.98. The highest BCUT2D eigenvalue weighted by Crippen LogP contribution is 1.99. The third-order valence-corrected chi connectivity index (χ3v) is 1.02. The van der Waals surface area contributed by atoms with E-state index in [4.69, 9.17) is 5.73 Å². The largest absolute Gasteiger partial charge is 0.370 e. The Labute approximate surface area is 54.2 Å². The van der Waals surface area contributed by atoms with Gasteiger partial charge in [-0.25, -0.2) is 0 Å². The minimum absolute atomic E-state index is 0.0509. The lowest BCUT2D eigenvalue weighted by molar-refractivity contribution is -0.125. The van der Waals surface area contributed by atoms with Gasteiger partial charge in [0.25, 0.3) is 0 Å². The van der Waals surface area contributed by atoms with Crippen molar-refractivity contribution >= 4 is 11.7 Å². The van der Waals surface area contributed by atoms with E-state index >= 15 is 0 Å². The number of ketones is 1. The number of carbonyl (C=O) groups excluding carboxylic acids is 2. The standard InChI is InChI=1S/C6H10NO2/c1-4(5(2)8)3-6(7)9/h4H,1,3H2,2H3,(H2,7,9). The zero-order chi connectivity index (χ0) is 7.44. The van der Waals surface area contributed by atoms with Crippen molar-refractivity contribution in [3.8, 4) is 0 Å². The van der Waals surface area contributed by atoms with Gasteiger partial charge in [-0.2, -0.15) is 0 Å². The topological polar surface area (TPSA) is 60.2 Å². The van der Waals surface area contributed by atoms with Gasteiger partial charge in [-0.1, -0.05) is 0 Å². The predicted octanol–water partition coefficient (Wildman–Crippen LogP) is -0.0989. The molecule has 0 aromatic heterocycles. The van der Waals surface area contributed by atoms with E-state index in [-0.39, 0.29) is 12.2 Å². The Bertz CT molecular complexity index is 131. The molecule has 0 aliphatic rings. The molecule has 0 spiro atoms. The van der Waals surface area contributed by atoms with Gasteiger partial charge in [0, 0.05) is 12.3 Å². The van der Waals surface area contributed by atoms with Crippen LogP contribution in [0.3, 0.4) is 0 Å². The van der Waals surface area contributed by atoms with Crippen molar-refractivity contribution in [2.24, 2.45) is 11.7 Å². The predicted molar refractivity (Wildman–Crippen MR) is 33.3 cm³/mol. The van der Waals surface area contributed by atoms with Gasteiger partial charge in [-0.15, -0.1) is 0 Å². The molecule has 0 aliphatic carbocycles. The maximum atomic E-state index is 10.4. The van der Waals surface area contributed by atoms with E-state index in [1.807, 2.05) is 0 Å². The molecular formula is C6H10NO2. The lowest BCUT2D eigenvalue weighted by atomic mass is 10.0. The molecule has 1 amide bonds. The number of hydrogen-bond acceptors (Lipinski definition) is 2. The summed E-state index contributed by atoms with van der Waals surface area (Å²) in [5.41, 5.74) is 4.80. The summed E-state index contributed by atoms with van der Waals surface area (Å²) in [6.45, 7) is 4.82. The van der Waals surface area contributed by atoms with Gasteiger partial charge in [-0.3, -0.25) is 9.59 Å². The molecule has 0 bridgehead atoms. The highest BCUT2D eigenvalue weighted by atomic mass is 16.1. The quantitative estimate of drug-likeness (QED) is 0.577. The van der Waals surface area contributed by atoms with Crippen molar-refractivity contribution in [2.45, 2.75) is 13.3 Å². The first-order chi connectivity index (χ1) is 4.04. The van der Waals surface area contributed by atoms with Gasteiger partial charge in [0.2, 0.25) is 5.91 Å². The van der Waals surface area contributed by atoms with Gasteiger partial charge < -0.3 is 5.73 Å². The van der Waals surface area contributed by atoms with Crippen LogP contribution in [0.2, 0.25) is 0 Å². The lowest BCUT2D eigenvalue weighted by Gasteiger charge is -2.00. The second kappa shape index (κ2) is 3.22. The van der Waals surface area contributed by atoms with Gasteiger partial charge in [0.1, 0.15) is 5.78 Å². The molecule has 1 atom stereocenters. The summed E-state index contributed by atoms with van der Waals surface area (Å²) in [6.07, 6.45) is 0.0509. The molecule has 2 N–H and O–H groups in total. The molecule has 0 heterocycles. The first-order valence-corrected chi connectivity index (χ1v) is 2.66. The molecule has 1 unspecified atom stereocenters. The van der Waals surface area contributed by atoms with Crippen LogP contribution in [-0.2, 0) is 9.59 Å². The third-order valence-electron chi connectivity index (χ3n) is 1.02. The normalized spacial score (nSPS) is 12.7. The second-order valence-electron chi connectivity index (χ2n) is 1.98. The van der Waals surface area contributed by atoms with E-state index in [2.05, 4.69) is 6.92 Å². The van der Waals surface area contributed by atoms with Crippen LogP contribution in [0.15, 0.2) is 0 Å². The van der Waals surface area contributed by atoms with Gasteiger partial charge in [-0.05, 0) is 13.8 Å². The number of primary amides is 1. The zero-order valence-corrected chi connectivity index (χ0v) is 5.39. The molecule has 3 heteroatoms. The summed E-state index contributed by atoms with van der Waals surface area (Å²) in [7, 11) is 0. The number of rotatable bonds is 3. The summed E-state index contributed by atoms with van der Waals surface area (Å²) >= 11 is 0. The summed E-state index contributed by atoms with van der Waals surface area (Å²) in [5, 5.41) is 0. The Morgan fingerprint density at radius 2 is 2.11 bits per heavy atom. The van der Waals surface area contributed by atoms with Crippen LogP contribution in [0.5, 0.6) is 0 Å². The molecule has 0 aromatic rings. The van der Waals surface area contributed by atoms with E-state index in [0.717, 1.165) is 0 Å². The number of amides is 1. The Morgan fingerprint density at radius 1 is 1.67 bits per heavy atom. The van der Waals surface area contributed by atoms with Crippen molar-refractivity contribution < 1.29 is 9.59 Å². The SMILES string of the molecule is [CH2]C(CC(N)=O)C(C)=O. The monoisotopic (exact) mass is 128 g/mol. The number of carbonyl (C=O) groups is 2. The van der Waals surface area contributed by atoms with Crippen LogP contribution in [0.25, 0.3) is 0 Å². The summed E-state index contributed by atoms with van der Waals surface area (Å²) in [4.78, 5) is 20.6. The first kappa shape index (κ1) is 8.14. The van der Waals surface area contributed by atoms with E-state index in [1.54, 1.807) is 0 Å². The van der Waals surface area contributed by atoms with E-state index < -0.39 is 11.8 Å². The van der Waals surface area contributed by atoms with E-state index in [0.29, 0.717) is 0 Å². The van der Waals surface area contributed by atoms with Gasteiger partial charge >= 0.3 is 0 Å². The maximum Gasteiger partial charge on any atom is 0.218 e. The van der Waals surface area contributed by atoms with Crippen molar-refractivity contribution in [3.05, 3.63) is 6.92 Å². The highest BCUT2D eigenvalue weighted by Gasteiger charge is 2.09. The maximum absolute atomic E-state index is 10.4. The fraction of sp³-hybridized carbons (Fsp3) is 0.500. The van der Waals surface area contributed by atoms with Crippen LogP contribution in [0.1, 0.15) is 13.3 Å². The molecular weight excluding hydrogens is 118 g/mol. The van der Waals surface area contributed by atoms with E-state index in [1.165, 1.54) is 6.92 Å². The Hall–Kier alpha value is -0.860. The lowest BCUT2D eigenvalue weighted by Crippen LogP contribution is -2.18. The van der Waals surface area contributed by atoms with Crippen LogP contribution in [0, 0.1) is 12.8 Å². The van der Waals surface area contributed by atoms with E-state index in [9.17, 15) is 9.59 Å². The summed E-state index contributed by atoms with van der Waals surface area (Å²) in [6, 6.07) is 0. The van der Waals surface area contributed by atoms with Crippen molar-refractivity contribution in [1.82, 2.24) is 0 Å². The Balaban J connectivity index is 3.63. The van der Waals surface area contributed by atoms with Crippen LogP contribution in [-0.4, -0.2) is 11.7 Å². The minimum atomic E-state index is -0.481. The molecule has 0 saturated carbocycles. The third kappa shape index (κ3) is 3.70. The van der Waals surface area contributed by atoms with Crippen LogP contribution in [0.4, 0.5) is 0 Å². The average Bonchev–Trinajstić information content (AvgIpc) is 1.63. The van der Waals surface area contributed by atoms with Crippen molar-refractivity contribution in [2.75, 3.05) is 0 Å². The van der Waals surface area contributed by atoms with Crippen LogP contribution < -0.4 is 5.73 Å². The van der Waals surface area contributed by atoms with Gasteiger partial charge in [0.15, 0.2) is 0 Å². The Morgan fingerprint density at radius 3 is 2.22 bits per heavy atom. The molecule has 51 valence electrons. The fourth-order valence-corrected chi connectivity index (χ4v) is 0.387. The van der Waals surface area contributed by atoms with Crippen LogP contribution >= 0.6 is 0 Å². The van der Waals surface area contributed by atoms with Gasteiger partial charge in [0.05, 0.1) is 0 Å². The molecule has 0 fully saturated rings. The zero-order valence-electron chi connectivity index (χ0n) is 5.39. The van der Waals surface area contributed by atoms with Crippen molar-refractivity contribution in [1.29, 1.82) is 0 Å². The number of nitrogens with two attached hydrogens (primary N) is 1. The van der Waals surface area contributed by atoms with Crippen molar-refractivity contribution in [3.63, 3.8) is 0 Å². The Kier molecular flexibility index (Phi) is 2.91. The highest BCUT2D eigenvalue weighted by molar-refractivity contribution is 5.85.